The highest BCUT2D eigenvalue weighted by Gasteiger charge is 2.14. The molecule has 2 N–H and O–H groups in total. The number of nitrogens with one attached hydrogen (secondary N) is 2. The first-order chi connectivity index (χ1) is 12.7. The quantitative estimate of drug-likeness (QED) is 0.244. The molecule has 2 rings (SSSR count). The van der Waals surface area contributed by atoms with Gasteiger partial charge in [-0.1, -0.05) is 0 Å². The van der Waals surface area contributed by atoms with Gasteiger partial charge in [0.2, 0.25) is 11.7 Å². The molecule has 0 saturated carbocycles. The topological polar surface area (TPSA) is 106 Å². The Morgan fingerprint density at radius 2 is 1.96 bits per heavy atom. The van der Waals surface area contributed by atoms with Crippen molar-refractivity contribution in [3.63, 3.8) is 0 Å². The van der Waals surface area contributed by atoms with Crippen LogP contribution in [-0.2, 0) is 6.54 Å². The molecule has 138 valence electrons. The number of guanidine groups is 1. The Morgan fingerprint density at radius 3 is 2.50 bits per heavy atom. The van der Waals surface area contributed by atoms with Crippen LogP contribution in [0.2, 0.25) is 0 Å². The third kappa shape index (κ3) is 5.04. The zero-order valence-corrected chi connectivity index (χ0v) is 15.0. The van der Waals surface area contributed by atoms with Crippen molar-refractivity contribution in [2.75, 3.05) is 33.2 Å². The van der Waals surface area contributed by atoms with Gasteiger partial charge in [-0.05, 0) is 6.42 Å². The first-order valence-electron chi connectivity index (χ1n) is 7.94. The Labute approximate surface area is 152 Å². The van der Waals surface area contributed by atoms with Gasteiger partial charge in [0.25, 0.3) is 0 Å². The Hall–Kier alpha value is -3.41. The normalized spacial score (nSPS) is 10.8. The summed E-state index contributed by atoms with van der Waals surface area (Å²) in [6.07, 6.45) is 8.07. The van der Waals surface area contributed by atoms with Crippen LogP contribution in [0.5, 0.6) is 17.2 Å². The number of hydrogen-bond donors (Lipinski definition) is 2. The van der Waals surface area contributed by atoms with Gasteiger partial charge >= 0.3 is 0 Å². The van der Waals surface area contributed by atoms with Crippen LogP contribution in [0.15, 0.2) is 35.8 Å². The molecule has 0 atom stereocenters. The van der Waals surface area contributed by atoms with Gasteiger partial charge in [-0.3, -0.25) is 10.3 Å². The molecule has 1 aromatic carbocycles. The zero-order valence-electron chi connectivity index (χ0n) is 15.0. The monoisotopic (exact) mass is 358 g/mol. The number of nitriles is 1. The van der Waals surface area contributed by atoms with E-state index in [9.17, 15) is 0 Å². The summed E-state index contributed by atoms with van der Waals surface area (Å²) in [6.45, 7) is 1.34. The average molecular weight is 358 g/mol. The SMILES string of the molecule is COc1cc(NC(=NCCCn2ccnc2)NC#N)cc(OC)c1OC. The maximum atomic E-state index is 8.94. The molecule has 0 saturated heterocycles. The van der Waals surface area contributed by atoms with E-state index in [1.165, 1.54) is 7.11 Å². The van der Waals surface area contributed by atoms with Crippen molar-refractivity contribution in [2.45, 2.75) is 13.0 Å². The fraction of sp³-hybridized carbons (Fsp3) is 0.353. The Bertz CT molecular complexity index is 742. The van der Waals surface area contributed by atoms with Crippen LogP contribution in [0.25, 0.3) is 0 Å². The molecule has 0 aliphatic rings. The first kappa shape index (κ1) is 18.9. The number of benzene rings is 1. The number of ether oxygens (including phenoxy) is 3. The maximum absolute atomic E-state index is 8.94. The zero-order chi connectivity index (χ0) is 18.8. The molecule has 0 unspecified atom stereocenters. The number of aromatic nitrogens is 2. The Morgan fingerprint density at radius 1 is 1.23 bits per heavy atom. The molecule has 1 heterocycles. The third-order valence-electron chi connectivity index (χ3n) is 3.51. The summed E-state index contributed by atoms with van der Waals surface area (Å²) >= 11 is 0. The van der Waals surface area contributed by atoms with Crippen LogP contribution in [0.3, 0.4) is 0 Å². The van der Waals surface area contributed by atoms with Crippen LogP contribution in [-0.4, -0.2) is 43.4 Å². The molecule has 0 amide bonds. The van der Waals surface area contributed by atoms with Gasteiger partial charge in [0.1, 0.15) is 0 Å². The van der Waals surface area contributed by atoms with E-state index in [0.29, 0.717) is 35.4 Å². The number of rotatable bonds is 8. The molecule has 9 heteroatoms. The molecule has 9 nitrogen and oxygen atoms in total. The molecule has 0 spiro atoms. The minimum Gasteiger partial charge on any atom is -0.493 e. The standard InChI is InChI=1S/C17H22N6O3/c1-24-14-9-13(10-15(25-2)16(14)26-3)22-17(21-11-18)20-5-4-7-23-8-6-19-12-23/h6,8-10,12H,4-5,7H2,1-3H3,(H2,20,21,22). The summed E-state index contributed by atoms with van der Waals surface area (Å²) in [5.41, 5.74) is 0.649. The number of imidazole rings is 1. The number of aliphatic imine (C=N–C) groups is 1. The van der Waals surface area contributed by atoms with E-state index in [-0.39, 0.29) is 0 Å². The van der Waals surface area contributed by atoms with Crippen molar-refractivity contribution in [3.05, 3.63) is 30.9 Å². The smallest absolute Gasteiger partial charge is 0.209 e. The summed E-state index contributed by atoms with van der Waals surface area (Å²) < 4.78 is 17.9. The largest absolute Gasteiger partial charge is 0.493 e. The summed E-state index contributed by atoms with van der Waals surface area (Å²) in [5, 5.41) is 14.5. The van der Waals surface area contributed by atoms with E-state index < -0.39 is 0 Å². The maximum Gasteiger partial charge on any atom is 0.209 e. The van der Waals surface area contributed by atoms with Crippen molar-refractivity contribution in [2.24, 2.45) is 4.99 Å². The number of anilines is 1. The number of methoxy groups -OCH3 is 3. The second-order valence-electron chi connectivity index (χ2n) is 5.16. The van der Waals surface area contributed by atoms with Crippen molar-refractivity contribution >= 4 is 11.6 Å². The minimum atomic E-state index is 0.340. The highest BCUT2D eigenvalue weighted by molar-refractivity contribution is 5.95. The molecular formula is C17H22N6O3. The lowest BCUT2D eigenvalue weighted by Gasteiger charge is -2.15. The fourth-order valence-electron chi connectivity index (χ4n) is 2.32. The Kier molecular flexibility index (Phi) is 7.12. The molecule has 0 aliphatic heterocycles. The lowest BCUT2D eigenvalue weighted by atomic mass is 10.2. The number of hydrogen-bond acceptors (Lipinski definition) is 6. The van der Waals surface area contributed by atoms with E-state index in [1.807, 2.05) is 17.0 Å². The van der Waals surface area contributed by atoms with Gasteiger partial charge in [-0.15, -0.1) is 0 Å². The average Bonchev–Trinajstić information content (AvgIpc) is 3.17. The van der Waals surface area contributed by atoms with E-state index in [1.54, 1.807) is 38.9 Å². The second kappa shape index (κ2) is 9.78. The molecule has 1 aromatic heterocycles. The van der Waals surface area contributed by atoms with Gasteiger partial charge in [0, 0.05) is 43.3 Å². The molecular weight excluding hydrogens is 336 g/mol. The summed E-state index contributed by atoms with van der Waals surface area (Å²) in [4.78, 5) is 8.38. The molecule has 0 radical (unpaired) electrons. The third-order valence-corrected chi connectivity index (χ3v) is 3.51. The minimum absolute atomic E-state index is 0.340. The second-order valence-corrected chi connectivity index (χ2v) is 5.16. The van der Waals surface area contributed by atoms with E-state index in [4.69, 9.17) is 19.5 Å². The van der Waals surface area contributed by atoms with Crippen LogP contribution >= 0.6 is 0 Å². The highest BCUT2D eigenvalue weighted by Crippen LogP contribution is 2.39. The number of aryl methyl sites for hydroxylation is 1. The summed E-state index contributed by atoms with van der Waals surface area (Å²) in [6, 6.07) is 3.48. The van der Waals surface area contributed by atoms with Gasteiger partial charge in [-0.25, -0.2) is 4.98 Å². The van der Waals surface area contributed by atoms with Crippen molar-refractivity contribution < 1.29 is 14.2 Å². The lowest BCUT2D eigenvalue weighted by Crippen LogP contribution is -2.27. The molecule has 0 fully saturated rings. The Balaban J connectivity index is 2.08. The van der Waals surface area contributed by atoms with E-state index >= 15 is 0 Å². The molecule has 0 aliphatic carbocycles. The molecule has 26 heavy (non-hydrogen) atoms. The van der Waals surface area contributed by atoms with Crippen molar-refractivity contribution in [1.82, 2.24) is 14.9 Å². The van der Waals surface area contributed by atoms with Crippen molar-refractivity contribution in [3.8, 4) is 23.4 Å². The lowest BCUT2D eigenvalue weighted by molar-refractivity contribution is 0.324. The van der Waals surface area contributed by atoms with Gasteiger partial charge in [0.15, 0.2) is 17.7 Å². The summed E-state index contributed by atoms with van der Waals surface area (Å²) in [5.74, 6) is 1.84. The fourth-order valence-corrected chi connectivity index (χ4v) is 2.32. The van der Waals surface area contributed by atoms with Crippen LogP contribution in [0.4, 0.5) is 5.69 Å². The van der Waals surface area contributed by atoms with E-state index in [0.717, 1.165) is 13.0 Å². The van der Waals surface area contributed by atoms with Gasteiger partial charge in [0.05, 0.1) is 27.7 Å². The molecule has 0 bridgehead atoms. The molecule has 2 aromatic rings. The van der Waals surface area contributed by atoms with Crippen molar-refractivity contribution in [1.29, 1.82) is 5.26 Å². The predicted molar refractivity (Wildman–Crippen MR) is 97.6 cm³/mol. The predicted octanol–water partition coefficient (Wildman–Crippen LogP) is 1.84. The van der Waals surface area contributed by atoms with Crippen LogP contribution in [0, 0.1) is 11.5 Å². The van der Waals surface area contributed by atoms with E-state index in [2.05, 4.69) is 20.6 Å². The van der Waals surface area contributed by atoms with Crippen LogP contribution in [0.1, 0.15) is 6.42 Å². The summed E-state index contributed by atoms with van der Waals surface area (Å²) in [7, 11) is 4.62. The van der Waals surface area contributed by atoms with Crippen LogP contribution < -0.4 is 24.8 Å². The highest BCUT2D eigenvalue weighted by atomic mass is 16.5. The first-order valence-corrected chi connectivity index (χ1v) is 7.94. The van der Waals surface area contributed by atoms with Gasteiger partial charge < -0.3 is 24.1 Å². The number of nitrogens with zero attached hydrogens (tertiary/aromatic N) is 4. The van der Waals surface area contributed by atoms with Gasteiger partial charge in [-0.2, -0.15) is 5.26 Å².